The smallest absolute Gasteiger partial charge is 0.269 e. The third-order valence-corrected chi connectivity index (χ3v) is 4.16. The number of hydrogen-bond acceptors (Lipinski definition) is 3. The van der Waals surface area contributed by atoms with Crippen molar-refractivity contribution in [1.82, 2.24) is 15.1 Å². The second-order valence-corrected chi connectivity index (χ2v) is 6.46. The van der Waals surface area contributed by atoms with Crippen molar-refractivity contribution in [2.75, 3.05) is 6.61 Å². The van der Waals surface area contributed by atoms with Gasteiger partial charge in [-0.25, -0.2) is 0 Å². The van der Waals surface area contributed by atoms with E-state index in [-0.39, 0.29) is 5.91 Å². The molecule has 5 nitrogen and oxygen atoms in total. The zero-order valence-corrected chi connectivity index (χ0v) is 15.8. The molecule has 0 radical (unpaired) electrons. The molecular weight excluding hydrogens is 326 g/mol. The molecule has 0 saturated carbocycles. The lowest BCUT2D eigenvalue weighted by atomic mass is 10.1. The molecule has 2 aromatic rings. The number of carbonyl (C=O) groups excluding carboxylic acids is 1. The predicted octanol–water partition coefficient (Wildman–Crippen LogP) is 4.17. The first-order valence-electron chi connectivity index (χ1n) is 9.21. The average molecular weight is 355 g/mol. The van der Waals surface area contributed by atoms with E-state index in [1.54, 1.807) is 17.8 Å². The first-order chi connectivity index (χ1) is 12.6. The van der Waals surface area contributed by atoms with E-state index < -0.39 is 0 Å². The molecule has 0 spiro atoms. The van der Waals surface area contributed by atoms with Crippen LogP contribution in [0.15, 0.2) is 43.0 Å². The Morgan fingerprint density at radius 2 is 2.08 bits per heavy atom. The van der Waals surface area contributed by atoms with Crippen molar-refractivity contribution in [3.8, 4) is 5.75 Å². The predicted molar refractivity (Wildman–Crippen MR) is 104 cm³/mol. The van der Waals surface area contributed by atoms with Crippen LogP contribution in [0.2, 0.25) is 0 Å². The molecule has 0 aliphatic heterocycles. The van der Waals surface area contributed by atoms with Gasteiger partial charge >= 0.3 is 0 Å². The van der Waals surface area contributed by atoms with Crippen molar-refractivity contribution in [3.05, 3.63) is 59.9 Å². The van der Waals surface area contributed by atoms with Crippen molar-refractivity contribution < 1.29 is 9.53 Å². The first-order valence-corrected chi connectivity index (χ1v) is 9.21. The Bertz CT molecular complexity index is 722. The second-order valence-electron chi connectivity index (χ2n) is 6.46. The number of aromatic nitrogens is 2. The quantitative estimate of drug-likeness (QED) is 0.486. The van der Waals surface area contributed by atoms with E-state index in [1.807, 2.05) is 37.3 Å². The minimum absolute atomic E-state index is 0.126. The van der Waals surface area contributed by atoms with Gasteiger partial charge in [0.25, 0.3) is 5.91 Å². The molecular formula is C21H29N3O2. The Labute approximate surface area is 156 Å². The number of nitrogens with zero attached hydrogens (tertiary/aromatic N) is 2. The molecule has 1 N–H and O–H groups in total. The minimum atomic E-state index is -0.126. The highest BCUT2D eigenvalue weighted by Crippen LogP contribution is 2.14. The summed E-state index contributed by atoms with van der Waals surface area (Å²) in [5, 5.41) is 7.13. The Morgan fingerprint density at radius 1 is 1.27 bits per heavy atom. The van der Waals surface area contributed by atoms with Gasteiger partial charge in [0.15, 0.2) is 0 Å². The van der Waals surface area contributed by atoms with Crippen LogP contribution in [0.5, 0.6) is 5.75 Å². The van der Waals surface area contributed by atoms with Crippen LogP contribution in [0.1, 0.15) is 53.8 Å². The van der Waals surface area contributed by atoms with E-state index in [0.717, 1.165) is 36.5 Å². The number of ether oxygens (including phenoxy) is 1. The van der Waals surface area contributed by atoms with Crippen molar-refractivity contribution >= 4 is 5.91 Å². The van der Waals surface area contributed by atoms with E-state index in [4.69, 9.17) is 4.74 Å². The number of amides is 1. The van der Waals surface area contributed by atoms with Gasteiger partial charge < -0.3 is 10.1 Å². The Hall–Kier alpha value is -2.56. The van der Waals surface area contributed by atoms with Crippen LogP contribution in [-0.4, -0.2) is 22.3 Å². The van der Waals surface area contributed by atoms with E-state index in [1.165, 1.54) is 19.3 Å². The summed E-state index contributed by atoms with van der Waals surface area (Å²) in [6.07, 6.45) is 7.71. The van der Waals surface area contributed by atoms with Gasteiger partial charge in [-0.3, -0.25) is 9.48 Å². The molecule has 0 aliphatic rings. The van der Waals surface area contributed by atoms with Gasteiger partial charge in [-0.2, -0.15) is 5.10 Å². The van der Waals surface area contributed by atoms with Crippen molar-refractivity contribution in [1.29, 1.82) is 0 Å². The number of nitrogens with one attached hydrogen (secondary N) is 1. The summed E-state index contributed by atoms with van der Waals surface area (Å²) in [7, 11) is 1.77. The third kappa shape index (κ3) is 6.39. The summed E-state index contributed by atoms with van der Waals surface area (Å²) < 4.78 is 7.42. The fraction of sp³-hybridized carbons (Fsp3) is 0.429. The standard InChI is InChI=1S/C21H29N3O2/c1-4-5-6-7-8-9-13-26-19-12-10-11-18(15-19)16-22-21(25)20-14-17(2)23-24(20)3/h4,10-12,14-15H,1,5-9,13,16H2,2-3H3,(H,22,25). The molecule has 0 saturated heterocycles. The molecule has 1 amide bonds. The minimum Gasteiger partial charge on any atom is -0.494 e. The van der Waals surface area contributed by atoms with Gasteiger partial charge in [-0.15, -0.1) is 6.58 Å². The van der Waals surface area contributed by atoms with E-state index in [0.29, 0.717) is 12.2 Å². The number of aryl methyl sites for hydroxylation is 2. The first kappa shape index (κ1) is 19.8. The van der Waals surface area contributed by atoms with Crippen LogP contribution in [0.25, 0.3) is 0 Å². The second kappa shape index (κ2) is 10.4. The van der Waals surface area contributed by atoms with Gasteiger partial charge in [0, 0.05) is 13.6 Å². The van der Waals surface area contributed by atoms with Crippen molar-refractivity contribution in [3.63, 3.8) is 0 Å². The van der Waals surface area contributed by atoms with Gasteiger partial charge in [0.05, 0.1) is 12.3 Å². The van der Waals surface area contributed by atoms with Crippen LogP contribution in [0.3, 0.4) is 0 Å². The summed E-state index contributed by atoms with van der Waals surface area (Å²) in [6.45, 7) is 6.79. The van der Waals surface area contributed by atoms with Gasteiger partial charge in [0.2, 0.25) is 0 Å². The maximum absolute atomic E-state index is 12.2. The number of hydrogen-bond donors (Lipinski definition) is 1. The Balaban J connectivity index is 1.75. The Morgan fingerprint density at radius 3 is 2.81 bits per heavy atom. The average Bonchev–Trinajstić information content (AvgIpc) is 2.97. The largest absolute Gasteiger partial charge is 0.494 e. The maximum Gasteiger partial charge on any atom is 0.269 e. The van der Waals surface area contributed by atoms with Crippen molar-refractivity contribution in [2.45, 2.75) is 45.6 Å². The molecule has 26 heavy (non-hydrogen) atoms. The lowest BCUT2D eigenvalue weighted by molar-refractivity contribution is 0.0941. The third-order valence-electron chi connectivity index (χ3n) is 4.16. The van der Waals surface area contributed by atoms with E-state index in [2.05, 4.69) is 17.0 Å². The van der Waals surface area contributed by atoms with Crippen LogP contribution >= 0.6 is 0 Å². The highest BCUT2D eigenvalue weighted by Gasteiger charge is 2.11. The van der Waals surface area contributed by atoms with E-state index in [9.17, 15) is 4.79 Å². The molecule has 1 aromatic carbocycles. The summed E-state index contributed by atoms with van der Waals surface area (Å²) >= 11 is 0. The SMILES string of the molecule is C=CCCCCCCOc1cccc(CNC(=O)c2cc(C)nn2C)c1. The molecule has 0 unspecified atom stereocenters. The van der Waals surface area contributed by atoms with Gasteiger partial charge in [-0.1, -0.05) is 31.1 Å². The van der Waals surface area contributed by atoms with Gasteiger partial charge in [0.1, 0.15) is 11.4 Å². The zero-order valence-electron chi connectivity index (χ0n) is 15.8. The highest BCUT2D eigenvalue weighted by atomic mass is 16.5. The van der Waals surface area contributed by atoms with Crippen LogP contribution in [-0.2, 0) is 13.6 Å². The normalized spacial score (nSPS) is 10.5. The molecule has 0 fully saturated rings. The number of carbonyl (C=O) groups is 1. The lowest BCUT2D eigenvalue weighted by Crippen LogP contribution is -2.25. The summed E-state index contributed by atoms with van der Waals surface area (Å²) in [5.41, 5.74) is 2.41. The highest BCUT2D eigenvalue weighted by molar-refractivity contribution is 5.92. The fourth-order valence-electron chi connectivity index (χ4n) is 2.78. The number of allylic oxidation sites excluding steroid dienone is 1. The number of rotatable bonds is 11. The zero-order chi connectivity index (χ0) is 18.8. The topological polar surface area (TPSA) is 56.1 Å². The summed E-state index contributed by atoms with van der Waals surface area (Å²) in [6, 6.07) is 9.65. The molecule has 0 aliphatic carbocycles. The summed E-state index contributed by atoms with van der Waals surface area (Å²) in [4.78, 5) is 12.2. The monoisotopic (exact) mass is 355 g/mol. The number of unbranched alkanes of at least 4 members (excludes halogenated alkanes) is 4. The van der Waals surface area contributed by atoms with Crippen molar-refractivity contribution in [2.24, 2.45) is 7.05 Å². The lowest BCUT2D eigenvalue weighted by Gasteiger charge is -2.09. The van der Waals surface area contributed by atoms with Crippen LogP contribution in [0, 0.1) is 6.92 Å². The van der Waals surface area contributed by atoms with Crippen LogP contribution < -0.4 is 10.1 Å². The van der Waals surface area contributed by atoms with E-state index >= 15 is 0 Å². The summed E-state index contributed by atoms with van der Waals surface area (Å²) in [5.74, 6) is 0.721. The molecule has 1 heterocycles. The van der Waals surface area contributed by atoms with Gasteiger partial charge in [-0.05, 0) is 49.9 Å². The molecule has 0 bridgehead atoms. The number of benzene rings is 1. The van der Waals surface area contributed by atoms with Crippen LogP contribution in [0.4, 0.5) is 0 Å². The fourth-order valence-corrected chi connectivity index (χ4v) is 2.78. The maximum atomic E-state index is 12.2. The Kier molecular flexibility index (Phi) is 7.93. The molecule has 5 heteroatoms. The molecule has 2 rings (SSSR count). The molecule has 1 aromatic heterocycles. The molecule has 140 valence electrons. The molecule has 0 atom stereocenters.